The molecule has 0 aliphatic heterocycles. The first kappa shape index (κ1) is 15.5. The molecule has 1 aromatic carbocycles. The van der Waals surface area contributed by atoms with Crippen molar-refractivity contribution in [2.45, 2.75) is 13.5 Å². The molecule has 2 aromatic rings. The summed E-state index contributed by atoms with van der Waals surface area (Å²) in [7, 11) is 0. The Labute approximate surface area is 141 Å². The topological polar surface area (TPSA) is 72.9 Å². The number of hydrogen-bond donors (Lipinski definition) is 2. The normalized spacial score (nSPS) is 10.6. The van der Waals surface area contributed by atoms with Crippen molar-refractivity contribution in [2.24, 2.45) is 0 Å². The Bertz CT molecular complexity index is 646. The lowest BCUT2D eigenvalue weighted by molar-refractivity contribution is 0.102. The van der Waals surface area contributed by atoms with E-state index in [4.69, 9.17) is 5.73 Å². The molecule has 1 aromatic heterocycles. The van der Waals surface area contributed by atoms with E-state index in [1.165, 1.54) is 0 Å². The minimum Gasteiger partial charge on any atom is -0.396 e. The van der Waals surface area contributed by atoms with E-state index in [2.05, 4.69) is 58.2 Å². The van der Waals surface area contributed by atoms with E-state index in [0.29, 0.717) is 17.9 Å². The summed E-state index contributed by atoms with van der Waals surface area (Å²) in [5, 5.41) is 6.93. The van der Waals surface area contributed by atoms with Crippen LogP contribution in [-0.2, 0) is 6.54 Å². The quantitative estimate of drug-likeness (QED) is 0.717. The van der Waals surface area contributed by atoms with Crippen molar-refractivity contribution in [3.8, 4) is 0 Å². The van der Waals surface area contributed by atoms with E-state index in [0.717, 1.165) is 13.4 Å². The van der Waals surface area contributed by atoms with Crippen molar-refractivity contribution in [1.29, 1.82) is 0 Å². The molecule has 20 heavy (non-hydrogen) atoms. The Balaban J connectivity index is 2.30. The second-order valence-electron chi connectivity index (χ2n) is 3.99. The van der Waals surface area contributed by atoms with Gasteiger partial charge in [-0.2, -0.15) is 5.10 Å². The Kier molecular flexibility index (Phi) is 4.87. The molecule has 0 unspecified atom stereocenters. The minimum atomic E-state index is -0.349. The number of carbonyl (C=O) groups excluding carboxylic acids is 1. The van der Waals surface area contributed by atoms with E-state index >= 15 is 0 Å². The third-order valence-electron chi connectivity index (χ3n) is 2.57. The van der Waals surface area contributed by atoms with Gasteiger partial charge < -0.3 is 11.1 Å². The van der Waals surface area contributed by atoms with Crippen molar-refractivity contribution >= 4 is 65.1 Å². The average Bonchev–Trinajstić information content (AvgIpc) is 2.75. The summed E-state index contributed by atoms with van der Waals surface area (Å²) in [6, 6.07) is 3.68. The number of nitrogen functional groups attached to an aromatic ring is 1. The summed E-state index contributed by atoms with van der Waals surface area (Å²) >= 11 is 10.2. The van der Waals surface area contributed by atoms with Gasteiger partial charge in [-0.15, -0.1) is 0 Å². The lowest BCUT2D eigenvalue weighted by Crippen LogP contribution is -2.15. The molecule has 0 spiro atoms. The predicted octanol–water partition coefficient (Wildman–Crippen LogP) is 4.03. The summed E-state index contributed by atoms with van der Waals surface area (Å²) in [4.78, 5) is 12.2. The number of nitrogens with zero attached hydrogens (tertiary/aromatic N) is 2. The van der Waals surface area contributed by atoms with Crippen molar-refractivity contribution < 1.29 is 4.79 Å². The number of nitrogens with two attached hydrogens (primary N) is 1. The van der Waals surface area contributed by atoms with Crippen LogP contribution in [0.4, 0.5) is 11.4 Å². The first-order chi connectivity index (χ1) is 9.42. The van der Waals surface area contributed by atoms with Crippen LogP contribution in [0.1, 0.15) is 17.4 Å². The Hall–Kier alpha value is -0.860. The van der Waals surface area contributed by atoms with Gasteiger partial charge in [-0.1, -0.05) is 15.9 Å². The molecule has 0 aliphatic rings. The Morgan fingerprint density at radius 2 is 1.95 bits per heavy atom. The maximum Gasteiger partial charge on any atom is 0.278 e. The Morgan fingerprint density at radius 3 is 2.45 bits per heavy atom. The lowest BCUT2D eigenvalue weighted by Gasteiger charge is -2.09. The zero-order valence-corrected chi connectivity index (χ0v) is 15.2. The molecule has 0 saturated carbocycles. The van der Waals surface area contributed by atoms with E-state index in [-0.39, 0.29) is 11.6 Å². The van der Waals surface area contributed by atoms with Gasteiger partial charge in [-0.05, 0) is 50.9 Å². The second kappa shape index (κ2) is 6.28. The van der Waals surface area contributed by atoms with Crippen LogP contribution in [-0.4, -0.2) is 15.7 Å². The smallest absolute Gasteiger partial charge is 0.278 e. The van der Waals surface area contributed by atoms with Gasteiger partial charge in [0.2, 0.25) is 0 Å². The molecule has 0 radical (unpaired) electrons. The summed E-state index contributed by atoms with van der Waals surface area (Å²) in [5.74, 6) is -0.349. The molecule has 5 nitrogen and oxygen atoms in total. The van der Waals surface area contributed by atoms with Gasteiger partial charge in [0.15, 0.2) is 5.69 Å². The molecule has 1 heterocycles. The summed E-state index contributed by atoms with van der Waals surface area (Å²) in [6.07, 6.45) is 1.64. The lowest BCUT2D eigenvalue weighted by atomic mass is 10.3. The number of nitrogens with one attached hydrogen (secondary N) is 1. The van der Waals surface area contributed by atoms with Gasteiger partial charge in [0.25, 0.3) is 5.91 Å². The SMILES string of the molecule is CCn1cc(N)c(C(=O)Nc2c(Br)cc(Br)cc2Br)n1. The molecule has 0 aliphatic carbocycles. The molecule has 106 valence electrons. The van der Waals surface area contributed by atoms with Crippen molar-refractivity contribution in [3.63, 3.8) is 0 Å². The van der Waals surface area contributed by atoms with Crippen LogP contribution in [0, 0.1) is 0 Å². The fourth-order valence-corrected chi connectivity index (χ4v) is 4.07. The van der Waals surface area contributed by atoms with E-state index in [1.807, 2.05) is 19.1 Å². The third-order valence-corrected chi connectivity index (χ3v) is 4.28. The average molecular weight is 467 g/mol. The minimum absolute atomic E-state index is 0.216. The van der Waals surface area contributed by atoms with Crippen LogP contribution in [0.15, 0.2) is 31.7 Å². The van der Waals surface area contributed by atoms with Crippen molar-refractivity contribution in [1.82, 2.24) is 9.78 Å². The van der Waals surface area contributed by atoms with Gasteiger partial charge in [0.05, 0.1) is 11.4 Å². The van der Waals surface area contributed by atoms with Crippen LogP contribution in [0.3, 0.4) is 0 Å². The first-order valence-corrected chi connectivity index (χ1v) is 8.09. The van der Waals surface area contributed by atoms with Crippen molar-refractivity contribution in [3.05, 3.63) is 37.4 Å². The fourth-order valence-electron chi connectivity index (χ4n) is 1.61. The fraction of sp³-hybridized carbons (Fsp3) is 0.167. The monoisotopic (exact) mass is 464 g/mol. The first-order valence-electron chi connectivity index (χ1n) is 5.71. The van der Waals surface area contributed by atoms with Crippen LogP contribution >= 0.6 is 47.8 Å². The van der Waals surface area contributed by atoms with Gasteiger partial charge in [0, 0.05) is 26.2 Å². The van der Waals surface area contributed by atoms with Crippen LogP contribution in [0.25, 0.3) is 0 Å². The highest BCUT2D eigenvalue weighted by Crippen LogP contribution is 2.34. The number of amides is 1. The van der Waals surface area contributed by atoms with Gasteiger partial charge in [-0.3, -0.25) is 9.48 Å². The zero-order chi connectivity index (χ0) is 14.9. The zero-order valence-electron chi connectivity index (χ0n) is 10.5. The molecular formula is C12H11Br3N4O. The summed E-state index contributed by atoms with van der Waals surface area (Å²) < 4.78 is 4.01. The number of hydrogen-bond acceptors (Lipinski definition) is 3. The standard InChI is InChI=1S/C12H11Br3N4O/c1-2-19-5-9(16)11(18-19)12(20)17-10-7(14)3-6(13)4-8(10)15/h3-5H,2,16H2,1H3,(H,17,20). The third kappa shape index (κ3) is 3.24. The highest BCUT2D eigenvalue weighted by atomic mass is 79.9. The number of aromatic nitrogens is 2. The van der Waals surface area contributed by atoms with Crippen LogP contribution in [0.2, 0.25) is 0 Å². The molecule has 0 bridgehead atoms. The molecule has 0 fully saturated rings. The second-order valence-corrected chi connectivity index (χ2v) is 6.61. The van der Waals surface area contributed by atoms with Gasteiger partial charge in [0.1, 0.15) is 0 Å². The van der Waals surface area contributed by atoms with E-state index in [1.54, 1.807) is 10.9 Å². The van der Waals surface area contributed by atoms with Gasteiger partial charge in [-0.25, -0.2) is 0 Å². The maximum atomic E-state index is 12.2. The molecule has 8 heteroatoms. The number of rotatable bonds is 3. The highest BCUT2D eigenvalue weighted by molar-refractivity contribution is 9.11. The van der Waals surface area contributed by atoms with Crippen LogP contribution < -0.4 is 11.1 Å². The predicted molar refractivity (Wildman–Crippen MR) is 89.8 cm³/mol. The molecule has 0 saturated heterocycles. The molecule has 1 amide bonds. The van der Waals surface area contributed by atoms with Crippen LogP contribution in [0.5, 0.6) is 0 Å². The number of anilines is 2. The molecule has 2 rings (SSSR count). The Morgan fingerprint density at radius 1 is 1.35 bits per heavy atom. The molecular weight excluding hydrogens is 456 g/mol. The maximum absolute atomic E-state index is 12.2. The largest absolute Gasteiger partial charge is 0.396 e. The van der Waals surface area contributed by atoms with Gasteiger partial charge >= 0.3 is 0 Å². The van der Waals surface area contributed by atoms with E-state index < -0.39 is 0 Å². The molecule has 0 atom stereocenters. The number of benzene rings is 1. The molecule has 3 N–H and O–H groups in total. The van der Waals surface area contributed by atoms with E-state index in [9.17, 15) is 4.79 Å². The number of halogens is 3. The summed E-state index contributed by atoms with van der Waals surface area (Å²) in [5.41, 5.74) is 7.00. The number of carbonyl (C=O) groups is 1. The summed E-state index contributed by atoms with van der Waals surface area (Å²) in [6.45, 7) is 2.58. The highest BCUT2D eigenvalue weighted by Gasteiger charge is 2.17. The van der Waals surface area contributed by atoms with Crippen molar-refractivity contribution in [2.75, 3.05) is 11.1 Å². The number of aryl methyl sites for hydroxylation is 1.